The largest absolute Gasteiger partial charge is 0.478 e. The number of nitrogens with one attached hydrogen (secondary N) is 1. The van der Waals surface area contributed by atoms with E-state index in [4.69, 9.17) is 9.47 Å². The Morgan fingerprint density at radius 3 is 2.12 bits per heavy atom. The van der Waals surface area contributed by atoms with Gasteiger partial charge < -0.3 is 24.5 Å². The highest BCUT2D eigenvalue weighted by molar-refractivity contribution is 5.89. The number of hydrogen-bond acceptors (Lipinski definition) is 5. The van der Waals surface area contributed by atoms with Crippen molar-refractivity contribution < 1.29 is 29.0 Å². The van der Waals surface area contributed by atoms with Gasteiger partial charge in [-0.2, -0.15) is 0 Å². The van der Waals surface area contributed by atoms with E-state index in [0.717, 1.165) is 22.3 Å². The minimum Gasteiger partial charge on any atom is -0.478 e. The highest BCUT2D eigenvalue weighted by Crippen LogP contribution is 2.44. The van der Waals surface area contributed by atoms with Crippen molar-refractivity contribution in [2.24, 2.45) is 0 Å². The number of amides is 2. The van der Waals surface area contributed by atoms with E-state index >= 15 is 0 Å². The van der Waals surface area contributed by atoms with Crippen LogP contribution >= 0.6 is 0 Å². The number of rotatable bonds is 6. The normalized spacial score (nSPS) is 15.3. The number of carbonyl (C=O) groups excluding carboxylic acids is 2. The molecule has 3 aromatic rings. The lowest BCUT2D eigenvalue weighted by atomic mass is 9.98. The van der Waals surface area contributed by atoms with Crippen LogP contribution in [-0.4, -0.2) is 69.4 Å². The molecule has 2 aliphatic rings. The number of hydrogen-bond donors (Lipinski definition) is 2. The Morgan fingerprint density at radius 2 is 1.59 bits per heavy atom. The van der Waals surface area contributed by atoms with Crippen molar-refractivity contribution in [3.05, 3.63) is 82.7 Å². The Kier molecular flexibility index (Phi) is 7.80. The summed E-state index contributed by atoms with van der Waals surface area (Å²) in [5, 5.41) is 9.52. The second kappa shape index (κ2) is 11.3. The fourth-order valence-electron chi connectivity index (χ4n) is 5.82. The third-order valence-corrected chi connectivity index (χ3v) is 7.77. The first-order chi connectivity index (χ1) is 19.5. The van der Waals surface area contributed by atoms with Gasteiger partial charge in [-0.3, -0.25) is 4.90 Å². The lowest BCUT2D eigenvalue weighted by Gasteiger charge is -2.38. The molecule has 0 atom stereocenters. The summed E-state index contributed by atoms with van der Waals surface area (Å²) in [4.78, 5) is 44.4. The van der Waals surface area contributed by atoms with Crippen molar-refractivity contribution in [2.45, 2.75) is 64.6 Å². The summed E-state index contributed by atoms with van der Waals surface area (Å²) in [5.41, 5.74) is 5.29. The summed E-state index contributed by atoms with van der Waals surface area (Å²) in [7, 11) is 0. The van der Waals surface area contributed by atoms with E-state index in [1.54, 1.807) is 22.8 Å². The number of likely N-dealkylation sites (tertiary alicyclic amines) is 1. The van der Waals surface area contributed by atoms with Gasteiger partial charge in [0.05, 0.1) is 12.1 Å². The summed E-state index contributed by atoms with van der Waals surface area (Å²) < 4.78 is 11.5. The molecule has 2 amide bonds. The lowest BCUT2D eigenvalue weighted by molar-refractivity contribution is 0.0128. The number of carboxylic acids is 1. The Bertz CT molecular complexity index is 1400. The van der Waals surface area contributed by atoms with E-state index in [9.17, 15) is 19.5 Å². The zero-order valence-corrected chi connectivity index (χ0v) is 24.0. The van der Waals surface area contributed by atoms with Crippen molar-refractivity contribution in [1.82, 2.24) is 14.8 Å². The minimum absolute atomic E-state index is 0.0754. The average Bonchev–Trinajstić information content (AvgIpc) is 3.47. The summed E-state index contributed by atoms with van der Waals surface area (Å²) in [5.74, 6) is -1.10. The quantitative estimate of drug-likeness (QED) is 0.373. The number of nitrogens with zero attached hydrogens (tertiary/aromatic N) is 2. The number of ether oxygens (including phenoxy) is 2. The van der Waals surface area contributed by atoms with Crippen LogP contribution in [0.15, 0.2) is 54.6 Å². The van der Waals surface area contributed by atoms with Crippen molar-refractivity contribution in [3.8, 4) is 11.1 Å². The average molecular weight is 560 g/mol. The van der Waals surface area contributed by atoms with Crippen LogP contribution in [0.5, 0.6) is 0 Å². The molecule has 0 spiro atoms. The molecule has 216 valence electrons. The maximum absolute atomic E-state index is 13.7. The topological polar surface area (TPSA) is 112 Å². The summed E-state index contributed by atoms with van der Waals surface area (Å²) in [6, 6.07) is 17.7. The fourth-order valence-corrected chi connectivity index (χ4v) is 5.82. The predicted octanol–water partition coefficient (Wildman–Crippen LogP) is 6.17. The molecule has 2 aromatic carbocycles. The zero-order chi connectivity index (χ0) is 29.3. The van der Waals surface area contributed by atoms with Gasteiger partial charge >= 0.3 is 18.2 Å². The fraction of sp³-hybridized carbons (Fsp3) is 0.406. The van der Waals surface area contributed by atoms with E-state index < -0.39 is 17.7 Å². The number of aryl methyl sites for hydroxylation is 1. The van der Waals surface area contributed by atoms with Gasteiger partial charge in [0.2, 0.25) is 0 Å². The molecule has 1 aliphatic carbocycles. The monoisotopic (exact) mass is 559 g/mol. The van der Waals surface area contributed by atoms with Crippen molar-refractivity contribution >= 4 is 18.2 Å². The standard InChI is InChI=1S/C32H37N3O6/c1-20-27(29(36)37)17-21(33-20)18-35(22-13-15-34(16-14-22)30(38)41-32(2,3)4)31(39)40-19-28-25-11-7-5-9-23(25)24-10-6-8-12-26(24)28/h5-12,17,22,28,33H,13-16,18-19H2,1-4H3,(H,36,37). The van der Waals surface area contributed by atoms with E-state index in [0.29, 0.717) is 37.3 Å². The number of carboxylic acid groups (broad SMARTS) is 1. The molecule has 0 unspecified atom stereocenters. The summed E-state index contributed by atoms with van der Waals surface area (Å²) in [6.45, 7) is 8.44. The molecular formula is C32H37N3O6. The number of benzene rings is 2. The smallest absolute Gasteiger partial charge is 0.410 e. The number of piperidine rings is 1. The third-order valence-electron chi connectivity index (χ3n) is 7.77. The first-order valence-electron chi connectivity index (χ1n) is 14.0. The molecule has 0 saturated carbocycles. The van der Waals surface area contributed by atoms with Crippen LogP contribution in [0.3, 0.4) is 0 Å². The molecule has 0 bridgehead atoms. The molecule has 9 heteroatoms. The molecule has 41 heavy (non-hydrogen) atoms. The number of carbonyl (C=O) groups is 3. The molecule has 0 radical (unpaired) electrons. The highest BCUT2D eigenvalue weighted by Gasteiger charge is 2.34. The van der Waals surface area contributed by atoms with E-state index in [-0.39, 0.29) is 36.8 Å². The molecule has 1 aliphatic heterocycles. The third kappa shape index (κ3) is 6.09. The molecular weight excluding hydrogens is 522 g/mol. The Morgan fingerprint density at radius 1 is 1.00 bits per heavy atom. The van der Waals surface area contributed by atoms with Crippen LogP contribution in [0.25, 0.3) is 11.1 Å². The van der Waals surface area contributed by atoms with Crippen LogP contribution in [0, 0.1) is 6.92 Å². The Labute approximate surface area is 240 Å². The van der Waals surface area contributed by atoms with Crippen molar-refractivity contribution in [2.75, 3.05) is 19.7 Å². The molecule has 1 saturated heterocycles. The Balaban J connectivity index is 1.33. The van der Waals surface area contributed by atoms with Gasteiger partial charge in [-0.1, -0.05) is 48.5 Å². The second-order valence-corrected chi connectivity index (χ2v) is 11.8. The van der Waals surface area contributed by atoms with Gasteiger partial charge in [0.15, 0.2) is 0 Å². The van der Waals surface area contributed by atoms with Gasteiger partial charge in [0, 0.05) is 36.4 Å². The predicted molar refractivity (Wildman–Crippen MR) is 154 cm³/mol. The lowest BCUT2D eigenvalue weighted by Crippen LogP contribution is -2.49. The Hall–Kier alpha value is -4.27. The number of aromatic carboxylic acids is 1. The van der Waals surface area contributed by atoms with Crippen LogP contribution < -0.4 is 0 Å². The van der Waals surface area contributed by atoms with Crippen LogP contribution in [-0.2, 0) is 16.0 Å². The molecule has 1 aromatic heterocycles. The van der Waals surface area contributed by atoms with Crippen LogP contribution in [0.4, 0.5) is 9.59 Å². The number of fused-ring (bicyclic) bond motifs is 3. The first kappa shape index (κ1) is 28.3. The van der Waals surface area contributed by atoms with Gasteiger partial charge in [-0.25, -0.2) is 14.4 Å². The van der Waals surface area contributed by atoms with Crippen molar-refractivity contribution in [1.29, 1.82) is 0 Å². The molecule has 2 N–H and O–H groups in total. The van der Waals surface area contributed by atoms with Crippen LogP contribution in [0.2, 0.25) is 0 Å². The number of aromatic nitrogens is 1. The summed E-state index contributed by atoms with van der Waals surface area (Å²) >= 11 is 0. The van der Waals surface area contributed by atoms with E-state index in [1.807, 2.05) is 45.0 Å². The maximum atomic E-state index is 13.7. The highest BCUT2D eigenvalue weighted by atomic mass is 16.6. The second-order valence-electron chi connectivity index (χ2n) is 11.8. The zero-order valence-electron chi connectivity index (χ0n) is 24.0. The van der Waals surface area contributed by atoms with E-state index in [2.05, 4.69) is 29.2 Å². The van der Waals surface area contributed by atoms with Gasteiger partial charge in [0.25, 0.3) is 0 Å². The maximum Gasteiger partial charge on any atom is 0.410 e. The van der Waals surface area contributed by atoms with Gasteiger partial charge in [0.1, 0.15) is 12.2 Å². The SMILES string of the molecule is Cc1[nH]c(CN(C(=O)OCC2c3ccccc3-c3ccccc32)C2CCN(C(=O)OC(C)(C)C)CC2)cc1C(=O)O. The number of H-pyrrole nitrogens is 1. The van der Waals surface area contributed by atoms with Gasteiger partial charge in [-0.15, -0.1) is 0 Å². The molecule has 9 nitrogen and oxygen atoms in total. The minimum atomic E-state index is -1.02. The first-order valence-corrected chi connectivity index (χ1v) is 14.0. The molecule has 5 rings (SSSR count). The van der Waals surface area contributed by atoms with Gasteiger partial charge in [-0.05, 0) is 68.9 Å². The van der Waals surface area contributed by atoms with Crippen molar-refractivity contribution in [3.63, 3.8) is 0 Å². The molecule has 1 fully saturated rings. The van der Waals surface area contributed by atoms with Crippen LogP contribution in [0.1, 0.15) is 72.4 Å². The molecule has 2 heterocycles. The van der Waals surface area contributed by atoms with E-state index in [1.165, 1.54) is 0 Å². The number of aromatic amines is 1. The summed E-state index contributed by atoms with van der Waals surface area (Å²) in [6.07, 6.45) is 0.269.